The molecule has 1 atom stereocenters. The molecule has 1 unspecified atom stereocenters. The third-order valence-corrected chi connectivity index (χ3v) is 8.24. The lowest BCUT2D eigenvalue weighted by atomic mass is 10.1. The Balaban J connectivity index is 1.16. The number of amides is 3. The maximum Gasteiger partial charge on any atom is 0.262 e. The number of hydrogen-bond donors (Lipinski definition) is 2. The largest absolute Gasteiger partial charge is 0.351 e. The van der Waals surface area contributed by atoms with Crippen LogP contribution in [-0.2, 0) is 22.4 Å². The number of likely N-dealkylation sites (tertiary alicyclic amines) is 1. The molecule has 1 saturated heterocycles. The molecule has 1 fully saturated rings. The van der Waals surface area contributed by atoms with E-state index in [4.69, 9.17) is 0 Å². The minimum atomic E-state index is -0.500. The highest BCUT2D eigenvalue weighted by Crippen LogP contribution is 2.31. The van der Waals surface area contributed by atoms with Gasteiger partial charge in [0.1, 0.15) is 5.25 Å². The molecular weight excluding hydrogens is 458 g/mol. The van der Waals surface area contributed by atoms with Gasteiger partial charge in [0, 0.05) is 35.6 Å². The second-order valence-corrected chi connectivity index (χ2v) is 10.7. The molecule has 2 aromatic rings. The lowest BCUT2D eigenvalue weighted by Crippen LogP contribution is -2.33. The molecule has 0 saturated carbocycles. The van der Waals surface area contributed by atoms with Gasteiger partial charge in [-0.25, -0.2) is 4.98 Å². The first-order chi connectivity index (χ1) is 16.0. The average Bonchev–Trinajstić information content (AvgIpc) is 3.50. The molecule has 33 heavy (non-hydrogen) atoms. The van der Waals surface area contributed by atoms with E-state index in [-0.39, 0.29) is 24.1 Å². The van der Waals surface area contributed by atoms with Crippen LogP contribution >= 0.6 is 23.1 Å². The van der Waals surface area contributed by atoms with E-state index in [1.807, 2.05) is 0 Å². The molecule has 2 aliphatic heterocycles. The SMILES string of the molecule is O=C(CC1SC(N2CCCCC2)=NC1=O)Nc1cccc(C(=O)Nc2nc3c(s2)CCC3)c1. The number of thioether (sulfide) groups is 1. The van der Waals surface area contributed by atoms with Crippen molar-refractivity contribution in [2.45, 2.75) is 50.2 Å². The number of piperidine rings is 1. The van der Waals surface area contributed by atoms with E-state index >= 15 is 0 Å². The van der Waals surface area contributed by atoms with Crippen molar-refractivity contribution in [2.24, 2.45) is 4.99 Å². The van der Waals surface area contributed by atoms with Crippen LogP contribution in [0.1, 0.15) is 53.0 Å². The quantitative estimate of drug-likeness (QED) is 0.672. The molecule has 3 aliphatic rings. The average molecular weight is 484 g/mol. The molecule has 3 heterocycles. The zero-order valence-corrected chi connectivity index (χ0v) is 19.8. The lowest BCUT2D eigenvalue weighted by molar-refractivity contribution is -0.121. The maximum atomic E-state index is 12.7. The molecule has 8 nitrogen and oxygen atoms in total. The van der Waals surface area contributed by atoms with Gasteiger partial charge in [-0.1, -0.05) is 17.8 Å². The molecule has 10 heteroatoms. The van der Waals surface area contributed by atoms with Crippen LogP contribution in [0.4, 0.5) is 10.8 Å². The van der Waals surface area contributed by atoms with Crippen LogP contribution in [-0.4, -0.2) is 51.1 Å². The lowest BCUT2D eigenvalue weighted by Gasteiger charge is -2.27. The van der Waals surface area contributed by atoms with Crippen molar-refractivity contribution in [3.8, 4) is 0 Å². The van der Waals surface area contributed by atoms with Gasteiger partial charge in [0.25, 0.3) is 11.8 Å². The standard InChI is InChI=1S/C23H25N5O3S2/c29-19(13-18-21(31)27-23(33-18)28-10-2-1-3-11-28)24-15-7-4-6-14(12-15)20(30)26-22-25-16-8-5-9-17(16)32-22/h4,6-7,12,18H,1-3,5,8-11,13H2,(H,24,29)(H,25,26,30). The molecular formula is C23H25N5O3S2. The molecule has 1 aromatic heterocycles. The van der Waals surface area contributed by atoms with E-state index in [0.29, 0.717) is 16.4 Å². The predicted octanol–water partition coefficient (Wildman–Crippen LogP) is 3.70. The molecule has 0 radical (unpaired) electrons. The first kappa shape index (κ1) is 22.1. The minimum Gasteiger partial charge on any atom is -0.351 e. The number of aromatic nitrogens is 1. The van der Waals surface area contributed by atoms with E-state index in [0.717, 1.165) is 56.1 Å². The molecule has 1 aliphatic carbocycles. The van der Waals surface area contributed by atoms with Crippen LogP contribution in [0, 0.1) is 0 Å². The monoisotopic (exact) mass is 483 g/mol. The first-order valence-corrected chi connectivity index (χ1v) is 13.0. The normalized spacial score (nSPS) is 19.9. The second-order valence-electron chi connectivity index (χ2n) is 8.42. The molecule has 172 valence electrons. The number of anilines is 2. The Hall–Kier alpha value is -2.72. The van der Waals surface area contributed by atoms with Crippen LogP contribution in [0.15, 0.2) is 29.3 Å². The Morgan fingerprint density at radius 1 is 1.09 bits per heavy atom. The fourth-order valence-electron chi connectivity index (χ4n) is 4.26. The van der Waals surface area contributed by atoms with Gasteiger partial charge in [-0.05, 0) is 56.7 Å². The summed E-state index contributed by atoms with van der Waals surface area (Å²) in [6.07, 6.45) is 6.58. The van der Waals surface area contributed by atoms with Crippen LogP contribution < -0.4 is 10.6 Å². The first-order valence-electron chi connectivity index (χ1n) is 11.3. The smallest absolute Gasteiger partial charge is 0.262 e. The number of nitrogens with zero attached hydrogens (tertiary/aromatic N) is 3. The maximum absolute atomic E-state index is 12.7. The van der Waals surface area contributed by atoms with Crippen molar-refractivity contribution in [2.75, 3.05) is 23.7 Å². The van der Waals surface area contributed by atoms with Gasteiger partial charge in [0.05, 0.1) is 5.69 Å². The summed E-state index contributed by atoms with van der Waals surface area (Å²) in [5.74, 6) is -0.788. The van der Waals surface area contributed by atoms with Gasteiger partial charge >= 0.3 is 0 Å². The summed E-state index contributed by atoms with van der Waals surface area (Å²) in [6.45, 7) is 1.83. The van der Waals surface area contributed by atoms with Crippen LogP contribution in [0.25, 0.3) is 0 Å². The van der Waals surface area contributed by atoms with E-state index in [9.17, 15) is 14.4 Å². The highest BCUT2D eigenvalue weighted by molar-refractivity contribution is 8.15. The molecule has 1 aromatic carbocycles. The molecule has 3 amide bonds. The Morgan fingerprint density at radius 3 is 2.76 bits per heavy atom. The fraction of sp³-hybridized carbons (Fsp3) is 0.435. The van der Waals surface area contributed by atoms with Gasteiger partial charge in [0.15, 0.2) is 10.3 Å². The van der Waals surface area contributed by atoms with E-state index in [1.165, 1.54) is 34.4 Å². The fourth-order valence-corrected chi connectivity index (χ4v) is 6.42. The van der Waals surface area contributed by atoms with E-state index in [2.05, 4.69) is 25.5 Å². The number of aliphatic imine (C=N–C) groups is 1. The Kier molecular flexibility index (Phi) is 6.45. The number of thiazole rings is 1. The molecule has 2 N–H and O–H groups in total. The van der Waals surface area contributed by atoms with Crippen LogP contribution in [0.3, 0.4) is 0 Å². The van der Waals surface area contributed by atoms with E-state index in [1.54, 1.807) is 24.3 Å². The highest BCUT2D eigenvalue weighted by Gasteiger charge is 2.33. The van der Waals surface area contributed by atoms with Crippen molar-refractivity contribution >= 4 is 56.8 Å². The summed E-state index contributed by atoms with van der Waals surface area (Å²) in [5.41, 5.74) is 2.04. The van der Waals surface area contributed by atoms with Gasteiger partial charge in [-0.15, -0.1) is 11.3 Å². The second kappa shape index (κ2) is 9.64. The number of carbonyl (C=O) groups is 3. The number of rotatable bonds is 5. The summed E-state index contributed by atoms with van der Waals surface area (Å²) >= 11 is 2.91. The number of fused-ring (bicyclic) bond motifs is 1. The highest BCUT2D eigenvalue weighted by atomic mass is 32.2. The summed E-state index contributed by atoms with van der Waals surface area (Å²) in [7, 11) is 0. The summed E-state index contributed by atoms with van der Waals surface area (Å²) in [5, 5.41) is 6.52. The summed E-state index contributed by atoms with van der Waals surface area (Å²) < 4.78 is 0. The number of aryl methyl sites for hydroxylation is 2. The minimum absolute atomic E-state index is 0.0471. The van der Waals surface area contributed by atoms with Crippen LogP contribution in [0.2, 0.25) is 0 Å². The van der Waals surface area contributed by atoms with Gasteiger partial charge < -0.3 is 10.2 Å². The van der Waals surface area contributed by atoms with Crippen molar-refractivity contribution in [1.82, 2.24) is 9.88 Å². The Morgan fingerprint density at radius 2 is 1.94 bits per heavy atom. The number of nitrogens with one attached hydrogen (secondary N) is 2. The Labute approximate surface area is 200 Å². The number of carbonyl (C=O) groups excluding carboxylic acids is 3. The van der Waals surface area contributed by atoms with Crippen molar-refractivity contribution in [3.63, 3.8) is 0 Å². The third-order valence-electron chi connectivity index (χ3n) is 5.95. The Bertz CT molecular complexity index is 1100. The molecule has 5 rings (SSSR count). The summed E-state index contributed by atoms with van der Waals surface area (Å²) in [6, 6.07) is 6.78. The van der Waals surface area contributed by atoms with Gasteiger partial charge in [0.2, 0.25) is 5.91 Å². The zero-order valence-electron chi connectivity index (χ0n) is 18.1. The van der Waals surface area contributed by atoms with Gasteiger partial charge in [-0.2, -0.15) is 4.99 Å². The van der Waals surface area contributed by atoms with Crippen molar-refractivity contribution < 1.29 is 14.4 Å². The molecule has 0 bridgehead atoms. The van der Waals surface area contributed by atoms with Crippen molar-refractivity contribution in [3.05, 3.63) is 40.4 Å². The number of hydrogen-bond acceptors (Lipinski definition) is 7. The number of benzene rings is 1. The molecule has 0 spiro atoms. The summed E-state index contributed by atoms with van der Waals surface area (Å²) in [4.78, 5) is 49.6. The predicted molar refractivity (Wildman–Crippen MR) is 131 cm³/mol. The topological polar surface area (TPSA) is 104 Å². The van der Waals surface area contributed by atoms with Gasteiger partial charge in [-0.3, -0.25) is 19.7 Å². The third kappa shape index (κ3) is 5.11. The van der Waals surface area contributed by atoms with Crippen molar-refractivity contribution in [1.29, 1.82) is 0 Å². The number of amidine groups is 1. The van der Waals surface area contributed by atoms with E-state index < -0.39 is 5.25 Å². The van der Waals surface area contributed by atoms with Crippen LogP contribution in [0.5, 0.6) is 0 Å². The zero-order chi connectivity index (χ0) is 22.8.